The first kappa shape index (κ1) is 16.3. The van der Waals surface area contributed by atoms with Crippen molar-refractivity contribution in [3.8, 4) is 5.75 Å². The number of aryl methyl sites for hydroxylation is 1. The Kier molecular flexibility index (Phi) is 4.69. The number of aromatic nitrogens is 1. The van der Waals surface area contributed by atoms with Crippen LogP contribution in [-0.2, 0) is 19.4 Å². The molecule has 1 aromatic heterocycles. The lowest BCUT2D eigenvalue weighted by Crippen LogP contribution is -2.31. The molecule has 1 atom stereocenters. The molecule has 0 spiro atoms. The summed E-state index contributed by atoms with van der Waals surface area (Å²) < 4.78 is 5.11. The Hall–Kier alpha value is -2.56. The molecular formula is C19H22N2O3. The number of hydrogen-bond acceptors (Lipinski definition) is 3. The molecule has 1 amide bonds. The van der Waals surface area contributed by atoms with Crippen molar-refractivity contribution in [1.29, 1.82) is 0 Å². The van der Waals surface area contributed by atoms with Gasteiger partial charge >= 0.3 is 0 Å². The SMILES string of the molecule is COc1ccc(CNC(=O)c2cc3c([nH]c2=O)CC[C@@H](C)C3)cc1. The van der Waals surface area contributed by atoms with Crippen LogP contribution in [0.4, 0.5) is 0 Å². The van der Waals surface area contributed by atoms with Gasteiger partial charge in [-0.3, -0.25) is 9.59 Å². The second-order valence-corrected chi connectivity index (χ2v) is 6.39. The van der Waals surface area contributed by atoms with Gasteiger partial charge in [-0.25, -0.2) is 0 Å². The molecule has 2 aromatic rings. The fourth-order valence-electron chi connectivity index (χ4n) is 3.07. The molecule has 1 aliphatic carbocycles. The number of aromatic amines is 1. The first-order valence-electron chi connectivity index (χ1n) is 8.23. The van der Waals surface area contributed by atoms with Crippen LogP contribution < -0.4 is 15.6 Å². The average Bonchev–Trinajstić information content (AvgIpc) is 2.60. The van der Waals surface area contributed by atoms with Crippen molar-refractivity contribution < 1.29 is 9.53 Å². The molecule has 5 nitrogen and oxygen atoms in total. The van der Waals surface area contributed by atoms with Gasteiger partial charge < -0.3 is 15.0 Å². The molecule has 0 bridgehead atoms. The zero-order valence-corrected chi connectivity index (χ0v) is 14.0. The largest absolute Gasteiger partial charge is 0.497 e. The van der Waals surface area contributed by atoms with E-state index in [1.807, 2.05) is 24.3 Å². The molecule has 0 unspecified atom stereocenters. The van der Waals surface area contributed by atoms with Gasteiger partial charge in [-0.1, -0.05) is 19.1 Å². The third kappa shape index (κ3) is 3.50. The van der Waals surface area contributed by atoms with E-state index < -0.39 is 0 Å². The molecule has 1 aromatic carbocycles. The maximum Gasteiger partial charge on any atom is 0.261 e. The van der Waals surface area contributed by atoms with Crippen molar-refractivity contribution in [3.05, 3.63) is 63.1 Å². The standard InChI is InChI=1S/C19H22N2O3/c1-12-3-8-17-14(9-12)10-16(19(23)21-17)18(22)20-11-13-4-6-15(24-2)7-5-13/h4-7,10,12H,3,8-9,11H2,1-2H3,(H,20,22)(H,21,23)/t12-/m1/s1. The smallest absolute Gasteiger partial charge is 0.261 e. The van der Waals surface area contributed by atoms with Crippen molar-refractivity contribution >= 4 is 5.91 Å². The van der Waals surface area contributed by atoms with Crippen LogP contribution >= 0.6 is 0 Å². The summed E-state index contributed by atoms with van der Waals surface area (Å²) in [5, 5.41) is 2.81. The van der Waals surface area contributed by atoms with E-state index in [-0.39, 0.29) is 17.0 Å². The fourth-order valence-corrected chi connectivity index (χ4v) is 3.07. The number of carbonyl (C=O) groups excluding carboxylic acids is 1. The van der Waals surface area contributed by atoms with Crippen molar-refractivity contribution in [2.75, 3.05) is 7.11 Å². The van der Waals surface area contributed by atoms with E-state index in [0.717, 1.165) is 41.8 Å². The number of fused-ring (bicyclic) bond motifs is 1. The van der Waals surface area contributed by atoms with E-state index in [0.29, 0.717) is 12.5 Å². The highest BCUT2D eigenvalue weighted by atomic mass is 16.5. The molecule has 0 saturated carbocycles. The van der Waals surface area contributed by atoms with Gasteiger partial charge in [-0.2, -0.15) is 0 Å². The Balaban J connectivity index is 1.72. The minimum Gasteiger partial charge on any atom is -0.497 e. The summed E-state index contributed by atoms with van der Waals surface area (Å²) in [6.07, 6.45) is 2.86. The topological polar surface area (TPSA) is 71.2 Å². The third-order valence-corrected chi connectivity index (χ3v) is 4.53. The van der Waals surface area contributed by atoms with Crippen LogP contribution in [0.3, 0.4) is 0 Å². The highest BCUT2D eigenvalue weighted by Gasteiger charge is 2.20. The van der Waals surface area contributed by atoms with Gasteiger partial charge in [0.1, 0.15) is 11.3 Å². The van der Waals surface area contributed by atoms with E-state index in [1.54, 1.807) is 13.2 Å². The van der Waals surface area contributed by atoms with Gasteiger partial charge in [-0.05, 0) is 54.5 Å². The molecule has 24 heavy (non-hydrogen) atoms. The third-order valence-electron chi connectivity index (χ3n) is 4.53. The van der Waals surface area contributed by atoms with E-state index in [2.05, 4.69) is 17.2 Å². The van der Waals surface area contributed by atoms with E-state index in [4.69, 9.17) is 4.74 Å². The van der Waals surface area contributed by atoms with Crippen LogP contribution in [0.1, 0.15) is 40.5 Å². The van der Waals surface area contributed by atoms with E-state index in [1.165, 1.54) is 0 Å². The highest BCUT2D eigenvalue weighted by molar-refractivity contribution is 5.94. The number of H-pyrrole nitrogens is 1. The van der Waals surface area contributed by atoms with Crippen LogP contribution in [0, 0.1) is 5.92 Å². The number of nitrogens with one attached hydrogen (secondary N) is 2. The number of hydrogen-bond donors (Lipinski definition) is 2. The summed E-state index contributed by atoms with van der Waals surface area (Å²) in [6, 6.07) is 9.21. The van der Waals surface area contributed by atoms with Gasteiger partial charge in [0.15, 0.2) is 0 Å². The maximum atomic E-state index is 12.4. The lowest BCUT2D eigenvalue weighted by molar-refractivity contribution is 0.0949. The Morgan fingerprint density at radius 2 is 2.08 bits per heavy atom. The quantitative estimate of drug-likeness (QED) is 0.906. The minimum atomic E-state index is -0.340. The van der Waals surface area contributed by atoms with Gasteiger partial charge in [-0.15, -0.1) is 0 Å². The molecule has 1 heterocycles. The molecule has 0 aliphatic heterocycles. The molecule has 3 rings (SSSR count). The van der Waals surface area contributed by atoms with Gasteiger partial charge in [0.05, 0.1) is 7.11 Å². The second-order valence-electron chi connectivity index (χ2n) is 6.39. The lowest BCUT2D eigenvalue weighted by atomic mass is 9.87. The van der Waals surface area contributed by atoms with Crippen LogP contribution in [0.15, 0.2) is 35.1 Å². The van der Waals surface area contributed by atoms with Crippen molar-refractivity contribution in [1.82, 2.24) is 10.3 Å². The highest BCUT2D eigenvalue weighted by Crippen LogP contribution is 2.23. The Morgan fingerprint density at radius 3 is 2.79 bits per heavy atom. The van der Waals surface area contributed by atoms with Crippen LogP contribution in [-0.4, -0.2) is 18.0 Å². The van der Waals surface area contributed by atoms with Crippen molar-refractivity contribution in [2.24, 2.45) is 5.92 Å². The second kappa shape index (κ2) is 6.91. The van der Waals surface area contributed by atoms with E-state index >= 15 is 0 Å². The lowest BCUT2D eigenvalue weighted by Gasteiger charge is -2.21. The number of ether oxygens (including phenoxy) is 1. The number of pyridine rings is 1. The van der Waals surface area contributed by atoms with Gasteiger partial charge in [0.25, 0.3) is 11.5 Å². The minimum absolute atomic E-state index is 0.191. The predicted octanol–water partition coefficient (Wildman–Crippen LogP) is 2.44. The fraction of sp³-hybridized carbons (Fsp3) is 0.368. The number of carbonyl (C=O) groups is 1. The van der Waals surface area contributed by atoms with Crippen LogP contribution in [0.25, 0.3) is 0 Å². The first-order chi connectivity index (χ1) is 11.6. The summed E-state index contributed by atoms with van der Waals surface area (Å²) in [6.45, 7) is 2.56. The zero-order valence-electron chi connectivity index (χ0n) is 14.0. The van der Waals surface area contributed by atoms with Crippen LogP contribution in [0.2, 0.25) is 0 Å². The number of amides is 1. The number of methoxy groups -OCH3 is 1. The molecule has 0 fully saturated rings. The average molecular weight is 326 g/mol. The monoisotopic (exact) mass is 326 g/mol. The molecule has 0 saturated heterocycles. The molecule has 126 valence electrons. The summed E-state index contributed by atoms with van der Waals surface area (Å²) in [7, 11) is 1.61. The van der Waals surface area contributed by atoms with Gasteiger partial charge in [0.2, 0.25) is 0 Å². The zero-order chi connectivity index (χ0) is 17.1. The van der Waals surface area contributed by atoms with Crippen molar-refractivity contribution in [3.63, 3.8) is 0 Å². The summed E-state index contributed by atoms with van der Waals surface area (Å²) in [4.78, 5) is 27.4. The van der Waals surface area contributed by atoms with Gasteiger partial charge in [0, 0.05) is 12.2 Å². The van der Waals surface area contributed by atoms with E-state index in [9.17, 15) is 9.59 Å². The van der Waals surface area contributed by atoms with Crippen molar-refractivity contribution in [2.45, 2.75) is 32.7 Å². The Morgan fingerprint density at radius 1 is 1.33 bits per heavy atom. The predicted molar refractivity (Wildman–Crippen MR) is 92.4 cm³/mol. The maximum absolute atomic E-state index is 12.4. The molecular weight excluding hydrogens is 304 g/mol. The summed E-state index contributed by atoms with van der Waals surface area (Å²) in [5.41, 5.74) is 2.90. The summed E-state index contributed by atoms with van der Waals surface area (Å²) in [5.74, 6) is 1.01. The Labute approximate surface area is 141 Å². The number of rotatable bonds is 4. The Bertz CT molecular complexity index is 793. The summed E-state index contributed by atoms with van der Waals surface area (Å²) >= 11 is 0. The molecule has 5 heteroatoms. The molecule has 1 aliphatic rings. The number of benzene rings is 1. The normalized spacial score (nSPS) is 16.3. The van der Waals surface area contributed by atoms with Crippen LogP contribution in [0.5, 0.6) is 5.75 Å². The first-order valence-corrected chi connectivity index (χ1v) is 8.23. The molecule has 2 N–H and O–H groups in total. The molecule has 0 radical (unpaired) electrons.